The van der Waals surface area contributed by atoms with Crippen molar-refractivity contribution < 1.29 is 9.59 Å². The quantitative estimate of drug-likeness (QED) is 0.644. The van der Waals surface area contributed by atoms with E-state index >= 15 is 0 Å². The molecule has 2 amide bonds. The Morgan fingerprint density at radius 2 is 1.46 bits per heavy atom. The fourth-order valence-electron chi connectivity index (χ4n) is 3.15. The average Bonchev–Trinajstić information content (AvgIpc) is 2.71. The fraction of sp³-hybridized carbons (Fsp3) is 0.217. The number of carbonyl (C=O) groups is 2. The Morgan fingerprint density at radius 1 is 0.821 bits per heavy atom. The summed E-state index contributed by atoms with van der Waals surface area (Å²) in [5.74, 6) is -0.246. The Bertz CT molecular complexity index is 975. The van der Waals surface area contributed by atoms with E-state index in [1.165, 1.54) is 0 Å². The van der Waals surface area contributed by atoms with Crippen LogP contribution < -0.4 is 10.6 Å². The van der Waals surface area contributed by atoms with Crippen molar-refractivity contribution in [3.63, 3.8) is 0 Å². The fourth-order valence-corrected chi connectivity index (χ4v) is 3.15. The summed E-state index contributed by atoms with van der Waals surface area (Å²) in [4.78, 5) is 27.0. The van der Waals surface area contributed by atoms with E-state index in [-0.39, 0.29) is 11.8 Å². The monoisotopic (exact) mass is 375 g/mol. The summed E-state index contributed by atoms with van der Waals surface area (Å²) >= 11 is 0. The SMILES string of the molecule is CCN(CC)CC(=O)Nc1cccc(NC(=O)c2cccc3ccccc23)c1. The van der Waals surface area contributed by atoms with Crippen LogP contribution in [0.15, 0.2) is 66.7 Å². The van der Waals surface area contributed by atoms with Gasteiger partial charge in [-0.15, -0.1) is 0 Å². The van der Waals surface area contributed by atoms with Gasteiger partial charge in [-0.2, -0.15) is 0 Å². The smallest absolute Gasteiger partial charge is 0.256 e. The van der Waals surface area contributed by atoms with Crippen molar-refractivity contribution >= 4 is 34.0 Å². The molecule has 0 aromatic heterocycles. The highest BCUT2D eigenvalue weighted by molar-refractivity contribution is 6.13. The van der Waals surface area contributed by atoms with E-state index in [1.807, 2.05) is 79.4 Å². The van der Waals surface area contributed by atoms with E-state index in [9.17, 15) is 9.59 Å². The molecule has 0 atom stereocenters. The molecule has 0 saturated heterocycles. The number of nitrogens with one attached hydrogen (secondary N) is 2. The van der Waals surface area contributed by atoms with Gasteiger partial charge < -0.3 is 10.6 Å². The number of nitrogens with zero attached hydrogens (tertiary/aromatic N) is 1. The van der Waals surface area contributed by atoms with E-state index in [0.717, 1.165) is 23.9 Å². The molecule has 0 unspecified atom stereocenters. The lowest BCUT2D eigenvalue weighted by atomic mass is 10.0. The van der Waals surface area contributed by atoms with Crippen LogP contribution in [-0.2, 0) is 4.79 Å². The zero-order valence-electron chi connectivity index (χ0n) is 16.2. The molecule has 2 N–H and O–H groups in total. The van der Waals surface area contributed by atoms with Gasteiger partial charge >= 0.3 is 0 Å². The molecule has 0 saturated carbocycles. The van der Waals surface area contributed by atoms with Crippen LogP contribution in [0, 0.1) is 0 Å². The number of fused-ring (bicyclic) bond motifs is 1. The molecule has 5 nitrogen and oxygen atoms in total. The molecule has 0 aliphatic heterocycles. The molecule has 0 radical (unpaired) electrons. The summed E-state index contributed by atoms with van der Waals surface area (Å²) in [6.07, 6.45) is 0. The maximum atomic E-state index is 12.8. The predicted molar refractivity (Wildman–Crippen MR) is 115 cm³/mol. The van der Waals surface area contributed by atoms with Crippen molar-refractivity contribution in [3.05, 3.63) is 72.3 Å². The molecule has 3 aromatic rings. The minimum absolute atomic E-state index is 0.0683. The van der Waals surface area contributed by atoms with Gasteiger partial charge in [0.25, 0.3) is 5.91 Å². The molecule has 3 rings (SSSR count). The van der Waals surface area contributed by atoms with Crippen LogP contribution >= 0.6 is 0 Å². The maximum absolute atomic E-state index is 12.8. The number of hydrogen-bond donors (Lipinski definition) is 2. The summed E-state index contributed by atoms with van der Waals surface area (Å²) in [5, 5.41) is 7.75. The number of carbonyl (C=O) groups excluding carboxylic acids is 2. The molecule has 0 aliphatic carbocycles. The Kier molecular flexibility index (Phi) is 6.40. The first-order chi connectivity index (χ1) is 13.6. The largest absolute Gasteiger partial charge is 0.325 e. The molecule has 0 heterocycles. The second-order valence-corrected chi connectivity index (χ2v) is 6.57. The van der Waals surface area contributed by atoms with Gasteiger partial charge in [0, 0.05) is 16.9 Å². The Labute approximate surface area is 165 Å². The van der Waals surface area contributed by atoms with Crippen molar-refractivity contribution in [2.75, 3.05) is 30.3 Å². The number of anilines is 2. The molecule has 5 heteroatoms. The molecule has 0 aliphatic rings. The number of hydrogen-bond acceptors (Lipinski definition) is 3. The van der Waals surface area contributed by atoms with Crippen molar-refractivity contribution in [1.82, 2.24) is 4.90 Å². The van der Waals surface area contributed by atoms with Gasteiger partial charge in [-0.1, -0.05) is 56.3 Å². The number of rotatable bonds is 7. The second kappa shape index (κ2) is 9.15. The van der Waals surface area contributed by atoms with Crippen molar-refractivity contribution in [1.29, 1.82) is 0 Å². The average molecular weight is 375 g/mol. The normalized spacial score (nSPS) is 10.8. The highest BCUT2D eigenvalue weighted by Crippen LogP contribution is 2.21. The third kappa shape index (κ3) is 4.75. The van der Waals surface area contributed by atoms with E-state index in [4.69, 9.17) is 0 Å². The summed E-state index contributed by atoms with van der Waals surface area (Å²) in [5.41, 5.74) is 1.92. The van der Waals surface area contributed by atoms with Gasteiger partial charge in [-0.3, -0.25) is 14.5 Å². The van der Waals surface area contributed by atoms with Gasteiger partial charge in [0.15, 0.2) is 0 Å². The van der Waals surface area contributed by atoms with Crippen LogP contribution in [0.4, 0.5) is 11.4 Å². The van der Waals surface area contributed by atoms with Gasteiger partial charge in [-0.05, 0) is 48.1 Å². The molecular weight excluding hydrogens is 350 g/mol. The summed E-state index contributed by atoms with van der Waals surface area (Å²) in [7, 11) is 0. The second-order valence-electron chi connectivity index (χ2n) is 6.57. The van der Waals surface area contributed by atoms with Gasteiger partial charge in [-0.25, -0.2) is 0 Å². The first-order valence-electron chi connectivity index (χ1n) is 9.52. The third-order valence-electron chi connectivity index (χ3n) is 4.70. The standard InChI is InChI=1S/C23H25N3O2/c1-3-26(4-2)16-22(27)24-18-11-8-12-19(15-18)25-23(28)21-14-7-10-17-9-5-6-13-20(17)21/h5-15H,3-4,16H2,1-2H3,(H,24,27)(H,25,28). The van der Waals surface area contributed by atoms with Crippen LogP contribution in [0.2, 0.25) is 0 Å². The summed E-state index contributed by atoms with van der Waals surface area (Å²) in [6.45, 7) is 6.05. The van der Waals surface area contributed by atoms with Crippen LogP contribution in [0.25, 0.3) is 10.8 Å². The molecule has 144 valence electrons. The van der Waals surface area contributed by atoms with Crippen molar-refractivity contribution in [2.45, 2.75) is 13.8 Å². The Balaban J connectivity index is 1.72. The van der Waals surface area contributed by atoms with Crippen LogP contribution in [-0.4, -0.2) is 36.3 Å². The zero-order valence-corrected chi connectivity index (χ0v) is 16.2. The van der Waals surface area contributed by atoms with E-state index in [1.54, 1.807) is 6.07 Å². The topological polar surface area (TPSA) is 61.4 Å². The minimum atomic E-state index is -0.177. The molecule has 0 spiro atoms. The van der Waals surface area contributed by atoms with Gasteiger partial charge in [0.1, 0.15) is 0 Å². The van der Waals surface area contributed by atoms with E-state index in [2.05, 4.69) is 10.6 Å². The lowest BCUT2D eigenvalue weighted by molar-refractivity contribution is -0.117. The lowest BCUT2D eigenvalue weighted by Gasteiger charge is -2.17. The number of benzene rings is 3. The summed E-state index contributed by atoms with van der Waals surface area (Å²) in [6, 6.07) is 20.7. The molecule has 28 heavy (non-hydrogen) atoms. The van der Waals surface area contributed by atoms with Crippen molar-refractivity contribution in [3.8, 4) is 0 Å². The predicted octanol–water partition coefficient (Wildman–Crippen LogP) is 4.37. The highest BCUT2D eigenvalue weighted by atomic mass is 16.2. The van der Waals surface area contributed by atoms with Gasteiger partial charge in [0.05, 0.1) is 6.54 Å². The maximum Gasteiger partial charge on any atom is 0.256 e. The third-order valence-corrected chi connectivity index (χ3v) is 4.70. The first kappa shape index (κ1) is 19.6. The lowest BCUT2D eigenvalue weighted by Crippen LogP contribution is -2.32. The molecular formula is C23H25N3O2. The Morgan fingerprint density at radius 3 is 2.21 bits per heavy atom. The molecule has 0 fully saturated rings. The zero-order chi connectivity index (χ0) is 19.9. The number of amides is 2. The van der Waals surface area contributed by atoms with Crippen LogP contribution in [0.3, 0.4) is 0 Å². The van der Waals surface area contributed by atoms with E-state index < -0.39 is 0 Å². The van der Waals surface area contributed by atoms with Crippen LogP contribution in [0.5, 0.6) is 0 Å². The van der Waals surface area contributed by atoms with Crippen LogP contribution in [0.1, 0.15) is 24.2 Å². The Hall–Kier alpha value is -3.18. The first-order valence-corrected chi connectivity index (χ1v) is 9.52. The number of likely N-dealkylation sites (N-methyl/N-ethyl adjacent to an activating group) is 1. The molecule has 3 aromatic carbocycles. The summed E-state index contributed by atoms with van der Waals surface area (Å²) < 4.78 is 0. The van der Waals surface area contributed by atoms with Gasteiger partial charge in [0.2, 0.25) is 5.91 Å². The van der Waals surface area contributed by atoms with Crippen molar-refractivity contribution in [2.24, 2.45) is 0 Å². The highest BCUT2D eigenvalue weighted by Gasteiger charge is 2.11. The molecule has 0 bridgehead atoms. The van der Waals surface area contributed by atoms with E-state index in [0.29, 0.717) is 23.5 Å². The minimum Gasteiger partial charge on any atom is -0.325 e.